The lowest BCUT2D eigenvalue weighted by Crippen LogP contribution is -2.41. The predicted octanol–water partition coefficient (Wildman–Crippen LogP) is 3.73. The number of hydrogen-bond donors (Lipinski definition) is 0. The molecule has 0 spiro atoms. The van der Waals surface area contributed by atoms with Crippen molar-refractivity contribution >= 4 is 34.2 Å². The minimum absolute atomic E-state index is 0.000493. The Morgan fingerprint density at radius 3 is 2.49 bits per heavy atom. The highest BCUT2D eigenvalue weighted by molar-refractivity contribution is 6.25. The first-order valence-electron chi connectivity index (χ1n) is 11.0. The molecular weight excluding hydrogens is 456 g/mol. The smallest absolute Gasteiger partial charge is 0.306 e. The van der Waals surface area contributed by atoms with Crippen molar-refractivity contribution in [3.8, 4) is 5.75 Å². The van der Waals surface area contributed by atoms with Crippen molar-refractivity contribution in [2.75, 3.05) is 13.3 Å². The normalized spacial score (nSPS) is 14.5. The summed E-state index contributed by atoms with van der Waals surface area (Å²) in [6.45, 7) is 0.0110. The van der Waals surface area contributed by atoms with Crippen LogP contribution >= 0.6 is 0 Å². The molecule has 3 aromatic rings. The van der Waals surface area contributed by atoms with Gasteiger partial charge < -0.3 is 14.2 Å². The Bertz CT molecular complexity index is 1330. The van der Waals surface area contributed by atoms with Gasteiger partial charge in [0.1, 0.15) is 12.4 Å². The SMILES string of the molecule is O=C(CCCN1C(=O)c2cccc3cccc(c23)C1=O)OCc1cc([N+](=O)[O-])cc2c1OCOC2. The summed E-state index contributed by atoms with van der Waals surface area (Å²) in [5.41, 5.74) is 1.64. The molecular formula is C25H20N2O8. The average Bonchev–Trinajstić information content (AvgIpc) is 2.87. The van der Waals surface area contributed by atoms with Gasteiger partial charge in [0.25, 0.3) is 17.5 Å². The van der Waals surface area contributed by atoms with Crippen LogP contribution in [0.25, 0.3) is 10.8 Å². The van der Waals surface area contributed by atoms with Crippen molar-refractivity contribution in [2.45, 2.75) is 26.1 Å². The predicted molar refractivity (Wildman–Crippen MR) is 122 cm³/mol. The van der Waals surface area contributed by atoms with Gasteiger partial charge in [-0.2, -0.15) is 0 Å². The first-order valence-corrected chi connectivity index (χ1v) is 11.0. The molecule has 3 aromatic carbocycles. The van der Waals surface area contributed by atoms with Crippen LogP contribution in [-0.4, -0.2) is 40.9 Å². The van der Waals surface area contributed by atoms with Gasteiger partial charge in [0, 0.05) is 52.7 Å². The van der Waals surface area contributed by atoms with E-state index in [9.17, 15) is 24.5 Å². The maximum absolute atomic E-state index is 12.9. The van der Waals surface area contributed by atoms with E-state index in [1.165, 1.54) is 12.1 Å². The molecule has 5 rings (SSSR count). The molecule has 0 aromatic heterocycles. The summed E-state index contributed by atoms with van der Waals surface area (Å²) >= 11 is 0. The van der Waals surface area contributed by atoms with Crippen LogP contribution in [0.4, 0.5) is 5.69 Å². The Morgan fingerprint density at radius 1 is 1.09 bits per heavy atom. The Kier molecular flexibility index (Phi) is 5.87. The number of non-ortho nitro benzene ring substituents is 1. The Hall–Kier alpha value is -4.31. The third-order valence-corrected chi connectivity index (χ3v) is 5.99. The molecule has 0 saturated heterocycles. The first-order chi connectivity index (χ1) is 16.9. The Morgan fingerprint density at radius 2 is 1.80 bits per heavy atom. The zero-order valence-electron chi connectivity index (χ0n) is 18.5. The van der Waals surface area contributed by atoms with Gasteiger partial charge in [0.15, 0.2) is 6.79 Å². The highest BCUT2D eigenvalue weighted by atomic mass is 16.7. The average molecular weight is 476 g/mol. The number of benzene rings is 3. The molecule has 0 bridgehead atoms. The second-order valence-electron chi connectivity index (χ2n) is 8.20. The molecule has 0 unspecified atom stereocenters. The number of hydrogen-bond acceptors (Lipinski definition) is 8. The molecule has 10 nitrogen and oxygen atoms in total. The van der Waals surface area contributed by atoms with Crippen LogP contribution in [-0.2, 0) is 27.5 Å². The molecule has 178 valence electrons. The van der Waals surface area contributed by atoms with Gasteiger partial charge in [-0.3, -0.25) is 29.4 Å². The number of rotatable bonds is 7. The molecule has 0 saturated carbocycles. The van der Waals surface area contributed by atoms with Crippen LogP contribution in [0.5, 0.6) is 5.75 Å². The fraction of sp³-hybridized carbons (Fsp3) is 0.240. The molecule has 0 N–H and O–H groups in total. The number of nitrogens with zero attached hydrogens (tertiary/aromatic N) is 2. The second-order valence-corrected chi connectivity index (χ2v) is 8.20. The Balaban J connectivity index is 1.22. The largest absolute Gasteiger partial charge is 0.467 e. The third kappa shape index (κ3) is 4.19. The summed E-state index contributed by atoms with van der Waals surface area (Å²) < 4.78 is 15.9. The molecule has 2 aliphatic rings. The van der Waals surface area contributed by atoms with Crippen molar-refractivity contribution in [2.24, 2.45) is 0 Å². The molecule has 2 heterocycles. The summed E-state index contributed by atoms with van der Waals surface area (Å²) in [7, 11) is 0. The highest BCUT2D eigenvalue weighted by Crippen LogP contribution is 2.33. The number of carbonyl (C=O) groups excluding carboxylic acids is 3. The second kappa shape index (κ2) is 9.15. The highest BCUT2D eigenvalue weighted by Gasteiger charge is 2.32. The topological polar surface area (TPSA) is 125 Å². The zero-order valence-corrected chi connectivity index (χ0v) is 18.5. The van der Waals surface area contributed by atoms with E-state index in [-0.39, 0.29) is 45.1 Å². The van der Waals surface area contributed by atoms with E-state index in [0.29, 0.717) is 33.4 Å². The minimum Gasteiger partial charge on any atom is -0.467 e. The number of fused-ring (bicyclic) bond motifs is 1. The quantitative estimate of drug-likeness (QED) is 0.219. The van der Waals surface area contributed by atoms with Gasteiger partial charge in [0.05, 0.1) is 11.5 Å². The van der Waals surface area contributed by atoms with Crippen molar-refractivity contribution < 1.29 is 33.5 Å². The number of carbonyl (C=O) groups is 3. The number of esters is 1. The van der Waals surface area contributed by atoms with Gasteiger partial charge in [-0.25, -0.2) is 0 Å². The number of amides is 2. The van der Waals surface area contributed by atoms with Gasteiger partial charge in [-0.05, 0) is 23.9 Å². The molecule has 2 amide bonds. The maximum Gasteiger partial charge on any atom is 0.306 e. The van der Waals surface area contributed by atoms with E-state index in [1.807, 2.05) is 12.1 Å². The van der Waals surface area contributed by atoms with Gasteiger partial charge in [-0.1, -0.05) is 24.3 Å². The third-order valence-electron chi connectivity index (χ3n) is 5.99. The molecule has 10 heteroatoms. The standard InChI is InChI=1S/C25H20N2O8/c28-21(34-13-17-11-18(27(31)32)10-16-12-33-14-35-23(16)17)8-3-9-26-24(29)19-6-1-4-15-5-2-7-20(22(15)19)25(26)30/h1-2,4-7,10-11H,3,8-9,12-14H2. The van der Waals surface area contributed by atoms with E-state index in [2.05, 4.69) is 0 Å². The van der Waals surface area contributed by atoms with Gasteiger partial charge >= 0.3 is 5.97 Å². The zero-order chi connectivity index (χ0) is 24.5. The van der Waals surface area contributed by atoms with Crippen LogP contribution in [0.3, 0.4) is 0 Å². The lowest BCUT2D eigenvalue weighted by molar-refractivity contribution is -0.385. The van der Waals surface area contributed by atoms with E-state index in [4.69, 9.17) is 14.2 Å². The summed E-state index contributed by atoms with van der Waals surface area (Å²) in [5.74, 6) is -0.936. The van der Waals surface area contributed by atoms with Crippen molar-refractivity contribution in [1.29, 1.82) is 0 Å². The number of ether oxygens (including phenoxy) is 3. The van der Waals surface area contributed by atoms with Gasteiger partial charge in [0.2, 0.25) is 0 Å². The monoisotopic (exact) mass is 476 g/mol. The first kappa shape index (κ1) is 22.5. The number of imide groups is 1. The van der Waals surface area contributed by atoms with E-state index in [1.54, 1.807) is 24.3 Å². The fourth-order valence-electron chi connectivity index (χ4n) is 4.39. The van der Waals surface area contributed by atoms with E-state index in [0.717, 1.165) is 10.3 Å². The molecule has 35 heavy (non-hydrogen) atoms. The number of nitro groups is 1. The van der Waals surface area contributed by atoms with Crippen LogP contribution in [0.15, 0.2) is 48.5 Å². The lowest BCUT2D eigenvalue weighted by Gasteiger charge is -2.27. The van der Waals surface area contributed by atoms with E-state index >= 15 is 0 Å². The molecule has 0 fully saturated rings. The summed E-state index contributed by atoms with van der Waals surface area (Å²) in [4.78, 5) is 50.0. The summed E-state index contributed by atoms with van der Waals surface area (Å²) in [6.07, 6.45) is 0.176. The van der Waals surface area contributed by atoms with Crippen LogP contribution < -0.4 is 4.74 Å². The lowest BCUT2D eigenvalue weighted by atomic mass is 9.94. The Labute approximate surface area is 199 Å². The molecule has 0 atom stereocenters. The van der Waals surface area contributed by atoms with Crippen LogP contribution in [0.2, 0.25) is 0 Å². The van der Waals surface area contributed by atoms with Crippen LogP contribution in [0.1, 0.15) is 44.7 Å². The fourth-order valence-corrected chi connectivity index (χ4v) is 4.39. The summed E-state index contributed by atoms with van der Waals surface area (Å²) in [5, 5.41) is 12.7. The molecule has 0 radical (unpaired) electrons. The van der Waals surface area contributed by atoms with Crippen LogP contribution in [0, 0.1) is 10.1 Å². The maximum atomic E-state index is 12.9. The molecule has 2 aliphatic heterocycles. The number of nitro benzene ring substituents is 1. The van der Waals surface area contributed by atoms with Gasteiger partial charge in [-0.15, -0.1) is 0 Å². The minimum atomic E-state index is -0.559. The van der Waals surface area contributed by atoms with E-state index < -0.39 is 22.7 Å². The summed E-state index contributed by atoms with van der Waals surface area (Å²) in [6, 6.07) is 13.3. The molecule has 0 aliphatic carbocycles. The van der Waals surface area contributed by atoms with Crippen molar-refractivity contribution in [1.82, 2.24) is 4.90 Å². The van der Waals surface area contributed by atoms with Crippen molar-refractivity contribution in [3.05, 3.63) is 80.9 Å². The van der Waals surface area contributed by atoms with Crippen molar-refractivity contribution in [3.63, 3.8) is 0 Å².